The minimum Gasteiger partial charge on any atom is -0.341 e. The number of nitrogens with one attached hydrogen (secondary N) is 1. The van der Waals surface area contributed by atoms with E-state index in [2.05, 4.69) is 20.4 Å². The Kier molecular flexibility index (Phi) is 3.39. The van der Waals surface area contributed by atoms with Crippen molar-refractivity contribution in [1.82, 2.24) is 29.5 Å². The van der Waals surface area contributed by atoms with Crippen molar-refractivity contribution >= 4 is 11.6 Å². The molecule has 0 saturated carbocycles. The third-order valence-electron chi connectivity index (χ3n) is 3.37. The topological polar surface area (TPSA) is 77.1 Å². The van der Waals surface area contributed by atoms with E-state index in [0.29, 0.717) is 5.69 Å². The van der Waals surface area contributed by atoms with Gasteiger partial charge in [0, 0.05) is 19.4 Å². The summed E-state index contributed by atoms with van der Waals surface area (Å²) in [5.41, 5.74) is 1.14. The summed E-state index contributed by atoms with van der Waals surface area (Å²) >= 11 is 0. The molecule has 21 heavy (non-hydrogen) atoms. The van der Waals surface area contributed by atoms with Gasteiger partial charge in [-0.25, -0.2) is 9.97 Å². The molecule has 7 nitrogen and oxygen atoms in total. The Bertz CT molecular complexity index is 741. The van der Waals surface area contributed by atoms with Crippen molar-refractivity contribution in [3.8, 4) is 0 Å². The molecule has 1 amide bonds. The van der Waals surface area contributed by atoms with Crippen molar-refractivity contribution in [2.45, 2.75) is 19.4 Å². The zero-order valence-electron chi connectivity index (χ0n) is 11.9. The lowest BCUT2D eigenvalue weighted by Gasteiger charge is -2.14. The van der Waals surface area contributed by atoms with Crippen molar-refractivity contribution in [2.75, 3.05) is 0 Å². The molecule has 0 aliphatic carbocycles. The van der Waals surface area contributed by atoms with Crippen LogP contribution in [0.25, 0.3) is 5.65 Å². The van der Waals surface area contributed by atoms with E-state index < -0.39 is 0 Å². The molecule has 3 heterocycles. The molecule has 0 aromatic carbocycles. The number of nitrogens with zero attached hydrogens (tertiary/aromatic N) is 5. The number of hydrogen-bond acceptors (Lipinski definition) is 4. The number of rotatable bonds is 4. The number of hydrogen-bond donors (Lipinski definition) is 1. The van der Waals surface area contributed by atoms with Crippen LogP contribution in [-0.2, 0) is 7.05 Å². The molecule has 1 unspecified atom stereocenters. The Balaban J connectivity index is 1.83. The van der Waals surface area contributed by atoms with Crippen LogP contribution >= 0.6 is 0 Å². The van der Waals surface area contributed by atoms with E-state index in [0.717, 1.165) is 17.9 Å². The number of pyridine rings is 1. The highest BCUT2D eigenvalue weighted by Crippen LogP contribution is 2.14. The van der Waals surface area contributed by atoms with Gasteiger partial charge in [0.25, 0.3) is 5.91 Å². The number of aromatic nitrogens is 5. The summed E-state index contributed by atoms with van der Waals surface area (Å²) < 4.78 is 3.48. The summed E-state index contributed by atoms with van der Waals surface area (Å²) in [6.45, 7) is 1.99. The van der Waals surface area contributed by atoms with E-state index in [4.69, 9.17) is 0 Å². The van der Waals surface area contributed by atoms with Crippen LogP contribution in [0.5, 0.6) is 0 Å². The van der Waals surface area contributed by atoms with Crippen molar-refractivity contribution in [3.05, 3.63) is 48.4 Å². The second kappa shape index (κ2) is 5.35. The van der Waals surface area contributed by atoms with Gasteiger partial charge in [0.15, 0.2) is 0 Å². The molecule has 108 valence electrons. The lowest BCUT2D eigenvalue weighted by Crippen LogP contribution is -2.30. The lowest BCUT2D eigenvalue weighted by atomic mass is 10.2. The van der Waals surface area contributed by atoms with E-state index in [-0.39, 0.29) is 11.9 Å². The van der Waals surface area contributed by atoms with E-state index in [1.807, 2.05) is 42.8 Å². The van der Waals surface area contributed by atoms with Crippen LogP contribution in [0.1, 0.15) is 35.7 Å². The second-order valence-electron chi connectivity index (χ2n) is 4.77. The van der Waals surface area contributed by atoms with Gasteiger partial charge in [-0.2, -0.15) is 5.10 Å². The quantitative estimate of drug-likeness (QED) is 0.784. The van der Waals surface area contributed by atoms with Crippen LogP contribution in [0, 0.1) is 0 Å². The van der Waals surface area contributed by atoms with Crippen LogP contribution < -0.4 is 5.32 Å². The maximum Gasteiger partial charge on any atom is 0.272 e. The van der Waals surface area contributed by atoms with Gasteiger partial charge in [-0.3, -0.25) is 9.48 Å². The van der Waals surface area contributed by atoms with Gasteiger partial charge in [0.2, 0.25) is 0 Å². The van der Waals surface area contributed by atoms with Gasteiger partial charge in [-0.05, 0) is 18.6 Å². The summed E-state index contributed by atoms with van der Waals surface area (Å²) in [5.74, 6) is 0.517. The van der Waals surface area contributed by atoms with Gasteiger partial charge in [-0.15, -0.1) is 0 Å². The zero-order valence-corrected chi connectivity index (χ0v) is 11.9. The van der Waals surface area contributed by atoms with Crippen LogP contribution in [0.15, 0.2) is 36.9 Å². The normalized spacial score (nSPS) is 12.5. The van der Waals surface area contributed by atoms with Gasteiger partial charge in [0.05, 0.1) is 6.04 Å². The average Bonchev–Trinajstić information content (AvgIpc) is 3.10. The van der Waals surface area contributed by atoms with E-state index in [9.17, 15) is 4.79 Å². The van der Waals surface area contributed by atoms with Crippen molar-refractivity contribution < 1.29 is 4.79 Å². The summed E-state index contributed by atoms with van der Waals surface area (Å²) in [4.78, 5) is 20.8. The molecule has 3 rings (SSSR count). The second-order valence-corrected chi connectivity index (χ2v) is 4.77. The molecule has 1 atom stereocenters. The smallest absolute Gasteiger partial charge is 0.272 e. The molecule has 0 bridgehead atoms. The van der Waals surface area contributed by atoms with Gasteiger partial charge in [-0.1, -0.05) is 13.0 Å². The Morgan fingerprint density at radius 2 is 2.29 bits per heavy atom. The van der Waals surface area contributed by atoms with Crippen LogP contribution in [0.4, 0.5) is 0 Å². The maximum atomic E-state index is 12.3. The molecular weight excluding hydrogens is 268 g/mol. The first-order valence-corrected chi connectivity index (χ1v) is 6.77. The summed E-state index contributed by atoms with van der Waals surface area (Å²) in [5, 5.41) is 6.98. The Morgan fingerprint density at radius 1 is 1.43 bits per heavy atom. The number of fused-ring (bicyclic) bond motifs is 1. The molecule has 0 spiro atoms. The average molecular weight is 284 g/mol. The maximum absolute atomic E-state index is 12.3. The minimum absolute atomic E-state index is 0.185. The fourth-order valence-electron chi connectivity index (χ4n) is 2.25. The Labute approximate surface area is 121 Å². The number of imidazole rings is 1. The van der Waals surface area contributed by atoms with Crippen molar-refractivity contribution in [3.63, 3.8) is 0 Å². The van der Waals surface area contributed by atoms with Crippen LogP contribution in [0.3, 0.4) is 0 Å². The Hall–Kier alpha value is -2.70. The molecule has 3 aromatic heterocycles. The minimum atomic E-state index is -0.214. The fourth-order valence-corrected chi connectivity index (χ4v) is 2.25. The molecule has 1 N–H and O–H groups in total. The summed E-state index contributed by atoms with van der Waals surface area (Å²) in [7, 11) is 1.81. The number of carbonyl (C=O) groups is 1. The molecular formula is C14H16N6O. The number of amides is 1. The first-order valence-electron chi connectivity index (χ1n) is 6.77. The molecule has 0 aliphatic heterocycles. The molecule has 7 heteroatoms. The van der Waals surface area contributed by atoms with E-state index in [1.54, 1.807) is 10.9 Å². The fraction of sp³-hybridized carbons (Fsp3) is 0.286. The van der Waals surface area contributed by atoms with E-state index >= 15 is 0 Å². The highest BCUT2D eigenvalue weighted by atomic mass is 16.2. The largest absolute Gasteiger partial charge is 0.341 e. The molecule has 3 aromatic rings. The lowest BCUT2D eigenvalue weighted by molar-refractivity contribution is 0.0928. The van der Waals surface area contributed by atoms with Gasteiger partial charge in [0.1, 0.15) is 23.5 Å². The first kappa shape index (κ1) is 13.3. The van der Waals surface area contributed by atoms with Crippen LogP contribution in [0.2, 0.25) is 0 Å². The molecule has 0 radical (unpaired) electrons. The predicted molar refractivity (Wildman–Crippen MR) is 76.7 cm³/mol. The van der Waals surface area contributed by atoms with Gasteiger partial charge >= 0.3 is 0 Å². The first-order chi connectivity index (χ1) is 10.2. The van der Waals surface area contributed by atoms with Gasteiger partial charge < -0.3 is 9.72 Å². The van der Waals surface area contributed by atoms with Crippen LogP contribution in [-0.4, -0.2) is 30.1 Å². The SMILES string of the molecule is CCC(NC(=O)c1cn2ccccc2n1)c1ncnn1C. The predicted octanol–water partition coefficient (Wildman–Crippen LogP) is 1.34. The summed E-state index contributed by atoms with van der Waals surface area (Å²) in [6.07, 6.45) is 5.79. The zero-order chi connectivity index (χ0) is 14.8. The van der Waals surface area contributed by atoms with Crippen molar-refractivity contribution in [2.24, 2.45) is 7.05 Å². The molecule has 0 saturated heterocycles. The standard InChI is InChI=1S/C14H16N6O/c1-3-10(13-15-9-16-19(13)2)18-14(21)11-8-20-7-5-4-6-12(20)17-11/h4-10H,3H2,1-2H3,(H,18,21). The highest BCUT2D eigenvalue weighted by Gasteiger charge is 2.19. The van der Waals surface area contributed by atoms with E-state index in [1.165, 1.54) is 6.33 Å². The highest BCUT2D eigenvalue weighted by molar-refractivity contribution is 5.93. The third-order valence-corrected chi connectivity index (χ3v) is 3.37. The number of carbonyl (C=O) groups excluding carboxylic acids is 1. The summed E-state index contributed by atoms with van der Waals surface area (Å²) in [6, 6.07) is 5.45. The third kappa shape index (κ3) is 2.49. The monoisotopic (exact) mass is 284 g/mol. The molecule has 0 aliphatic rings. The Morgan fingerprint density at radius 3 is 2.95 bits per heavy atom. The number of aryl methyl sites for hydroxylation is 1. The molecule has 0 fully saturated rings. The van der Waals surface area contributed by atoms with Crippen molar-refractivity contribution in [1.29, 1.82) is 0 Å².